The smallest absolute Gasteiger partial charge is 0.345 e. The van der Waals surface area contributed by atoms with E-state index in [1.807, 2.05) is 0 Å². The number of nitrogens with one attached hydrogen (secondary N) is 1. The largest absolute Gasteiger partial charge is 0.477 e. The summed E-state index contributed by atoms with van der Waals surface area (Å²) in [6, 6.07) is 0.959. The van der Waals surface area contributed by atoms with Gasteiger partial charge in [-0.25, -0.2) is 17.9 Å². The van der Waals surface area contributed by atoms with Crippen LogP contribution in [0.2, 0.25) is 0 Å². The molecule has 0 amide bonds. The van der Waals surface area contributed by atoms with Crippen LogP contribution in [-0.2, 0) is 14.8 Å². The predicted octanol–water partition coefficient (Wildman–Crippen LogP) is 1.21. The Kier molecular flexibility index (Phi) is 4.24. The van der Waals surface area contributed by atoms with Crippen LogP contribution in [0.3, 0.4) is 0 Å². The molecule has 1 unspecified atom stereocenters. The first-order valence-corrected chi connectivity index (χ1v) is 8.14. The van der Waals surface area contributed by atoms with Gasteiger partial charge in [-0.15, -0.1) is 11.3 Å². The first-order valence-electron chi connectivity index (χ1n) is 5.84. The Labute approximate surface area is 115 Å². The third-order valence-corrected chi connectivity index (χ3v) is 5.67. The molecule has 0 aliphatic carbocycles. The summed E-state index contributed by atoms with van der Waals surface area (Å²) < 4.78 is 32.2. The molecule has 2 N–H and O–H groups in total. The van der Waals surface area contributed by atoms with Gasteiger partial charge < -0.3 is 9.84 Å². The monoisotopic (exact) mass is 305 g/mol. The van der Waals surface area contributed by atoms with Crippen molar-refractivity contribution in [2.24, 2.45) is 0 Å². The summed E-state index contributed by atoms with van der Waals surface area (Å²) >= 11 is 0.961. The lowest BCUT2D eigenvalue weighted by atomic mass is 10.1. The zero-order valence-electron chi connectivity index (χ0n) is 10.4. The Bertz CT molecular complexity index is 572. The second-order valence-electron chi connectivity index (χ2n) is 4.37. The maximum atomic E-state index is 12.2. The van der Waals surface area contributed by atoms with Crippen LogP contribution in [0.5, 0.6) is 0 Å². The molecular formula is C11H15NO5S2. The summed E-state index contributed by atoms with van der Waals surface area (Å²) in [6.07, 6.45) is 1.55. The van der Waals surface area contributed by atoms with Gasteiger partial charge in [-0.1, -0.05) is 0 Å². The number of aryl methyl sites for hydroxylation is 1. The average molecular weight is 305 g/mol. The molecule has 1 aliphatic rings. The highest BCUT2D eigenvalue weighted by Crippen LogP contribution is 2.26. The summed E-state index contributed by atoms with van der Waals surface area (Å²) in [5.74, 6) is -1.12. The highest BCUT2D eigenvalue weighted by Gasteiger charge is 2.26. The minimum absolute atomic E-state index is 0.0257. The number of rotatable bonds is 4. The van der Waals surface area contributed by atoms with Crippen molar-refractivity contribution >= 4 is 27.3 Å². The van der Waals surface area contributed by atoms with Crippen LogP contribution in [0, 0.1) is 6.92 Å². The number of thiophene rings is 1. The minimum Gasteiger partial charge on any atom is -0.477 e. The second kappa shape index (κ2) is 5.58. The van der Waals surface area contributed by atoms with Gasteiger partial charge in [0.15, 0.2) is 0 Å². The van der Waals surface area contributed by atoms with Crippen LogP contribution in [0.1, 0.15) is 27.4 Å². The van der Waals surface area contributed by atoms with E-state index >= 15 is 0 Å². The molecule has 1 aromatic rings. The van der Waals surface area contributed by atoms with Crippen LogP contribution < -0.4 is 4.72 Å². The molecule has 1 aromatic heterocycles. The van der Waals surface area contributed by atoms with Crippen molar-refractivity contribution in [2.75, 3.05) is 13.2 Å². The third kappa shape index (κ3) is 3.33. The van der Waals surface area contributed by atoms with Gasteiger partial charge in [-0.3, -0.25) is 0 Å². The first-order chi connectivity index (χ1) is 8.90. The van der Waals surface area contributed by atoms with Crippen molar-refractivity contribution in [2.45, 2.75) is 30.7 Å². The zero-order valence-corrected chi connectivity index (χ0v) is 12.0. The summed E-state index contributed by atoms with van der Waals surface area (Å²) in [4.78, 5) is 11.4. The van der Waals surface area contributed by atoms with Crippen molar-refractivity contribution in [3.63, 3.8) is 0 Å². The molecule has 0 radical (unpaired) electrons. The normalized spacial score (nSPS) is 20.4. The molecular weight excluding hydrogens is 290 g/mol. The van der Waals surface area contributed by atoms with Gasteiger partial charge in [-0.05, 0) is 25.8 Å². The number of carboxylic acids is 1. The van der Waals surface area contributed by atoms with Gasteiger partial charge >= 0.3 is 5.97 Å². The van der Waals surface area contributed by atoms with Crippen LogP contribution in [0.4, 0.5) is 0 Å². The van der Waals surface area contributed by atoms with Gasteiger partial charge in [0.25, 0.3) is 0 Å². The number of ether oxygens (including phenoxy) is 1. The summed E-state index contributed by atoms with van der Waals surface area (Å²) in [5.41, 5.74) is 0. The van der Waals surface area contributed by atoms with Gasteiger partial charge in [0.2, 0.25) is 10.0 Å². The quantitative estimate of drug-likeness (QED) is 0.872. The van der Waals surface area contributed by atoms with E-state index in [4.69, 9.17) is 9.84 Å². The average Bonchev–Trinajstić information content (AvgIpc) is 2.73. The van der Waals surface area contributed by atoms with Crippen LogP contribution in [0.25, 0.3) is 0 Å². The number of hydrogen-bond acceptors (Lipinski definition) is 5. The van der Waals surface area contributed by atoms with E-state index in [1.54, 1.807) is 6.92 Å². The maximum absolute atomic E-state index is 12.2. The Morgan fingerprint density at radius 2 is 2.32 bits per heavy atom. The number of carboxylic acid groups (broad SMARTS) is 1. The lowest BCUT2D eigenvalue weighted by Crippen LogP contribution is -2.40. The Balaban J connectivity index is 2.21. The molecule has 0 saturated carbocycles. The molecule has 2 heterocycles. The zero-order chi connectivity index (χ0) is 14.0. The standard InChI is InChI=1S/C11H15NO5S2/c1-7-10(5-9(18-7)11(13)14)19(15,16)12-8-3-2-4-17-6-8/h5,8,12H,2-4,6H2,1H3,(H,13,14). The highest BCUT2D eigenvalue weighted by atomic mass is 32.2. The minimum atomic E-state index is -3.69. The van der Waals surface area contributed by atoms with Crippen molar-refractivity contribution in [3.8, 4) is 0 Å². The van der Waals surface area contributed by atoms with Crippen molar-refractivity contribution in [3.05, 3.63) is 15.8 Å². The van der Waals surface area contributed by atoms with Crippen molar-refractivity contribution in [1.82, 2.24) is 4.72 Å². The summed E-state index contributed by atoms with van der Waals surface area (Å²) in [6.45, 7) is 2.61. The molecule has 1 saturated heterocycles. The molecule has 6 nitrogen and oxygen atoms in total. The first kappa shape index (κ1) is 14.4. The lowest BCUT2D eigenvalue weighted by Gasteiger charge is -2.22. The van der Waals surface area contributed by atoms with Gasteiger partial charge in [0.05, 0.1) is 11.5 Å². The number of aromatic carboxylic acids is 1. The molecule has 1 atom stereocenters. The number of carbonyl (C=O) groups is 1. The summed E-state index contributed by atoms with van der Waals surface area (Å²) in [5, 5.41) is 8.88. The van der Waals surface area contributed by atoms with Crippen LogP contribution in [0.15, 0.2) is 11.0 Å². The Hall–Kier alpha value is -0.960. The van der Waals surface area contributed by atoms with E-state index in [9.17, 15) is 13.2 Å². The molecule has 106 valence electrons. The fourth-order valence-corrected chi connectivity index (χ4v) is 4.64. The van der Waals surface area contributed by atoms with Gasteiger partial charge in [-0.2, -0.15) is 0 Å². The lowest BCUT2D eigenvalue weighted by molar-refractivity contribution is 0.0702. The second-order valence-corrected chi connectivity index (χ2v) is 7.31. The topological polar surface area (TPSA) is 92.7 Å². The molecule has 1 aliphatic heterocycles. The van der Waals surface area contributed by atoms with Gasteiger partial charge in [0.1, 0.15) is 4.88 Å². The molecule has 0 aromatic carbocycles. The highest BCUT2D eigenvalue weighted by molar-refractivity contribution is 7.89. The summed E-state index contributed by atoms with van der Waals surface area (Å²) in [7, 11) is -3.69. The molecule has 19 heavy (non-hydrogen) atoms. The predicted molar refractivity (Wildman–Crippen MR) is 70.2 cm³/mol. The molecule has 2 rings (SSSR count). The van der Waals surface area contributed by atoms with Crippen molar-refractivity contribution < 1.29 is 23.1 Å². The van der Waals surface area contributed by atoms with Crippen molar-refractivity contribution in [1.29, 1.82) is 0 Å². The van der Waals surface area contributed by atoms with E-state index in [1.165, 1.54) is 6.07 Å². The third-order valence-electron chi connectivity index (χ3n) is 2.85. The van der Waals surface area contributed by atoms with Gasteiger partial charge in [0, 0.05) is 17.5 Å². The van der Waals surface area contributed by atoms with Crippen LogP contribution >= 0.6 is 11.3 Å². The SMILES string of the molecule is Cc1sc(C(=O)O)cc1S(=O)(=O)NC1CCCOC1. The number of hydrogen-bond donors (Lipinski definition) is 2. The molecule has 8 heteroatoms. The van der Waals surface area contributed by atoms with E-state index < -0.39 is 16.0 Å². The fraction of sp³-hybridized carbons (Fsp3) is 0.545. The Morgan fingerprint density at radius 1 is 1.58 bits per heavy atom. The van der Waals surface area contributed by atoms with Crippen LogP contribution in [-0.4, -0.2) is 38.7 Å². The number of sulfonamides is 1. The Morgan fingerprint density at radius 3 is 2.84 bits per heavy atom. The molecule has 1 fully saturated rings. The molecule has 0 bridgehead atoms. The fourth-order valence-electron chi connectivity index (χ4n) is 1.95. The van der Waals surface area contributed by atoms with E-state index in [0.717, 1.165) is 24.2 Å². The van der Waals surface area contributed by atoms with E-state index in [2.05, 4.69) is 4.72 Å². The van der Waals surface area contributed by atoms with E-state index in [0.29, 0.717) is 18.1 Å². The molecule has 0 spiro atoms. The van der Waals surface area contributed by atoms with E-state index in [-0.39, 0.29) is 15.8 Å². The maximum Gasteiger partial charge on any atom is 0.345 e.